The van der Waals surface area contributed by atoms with E-state index in [0.717, 1.165) is 36.8 Å². The van der Waals surface area contributed by atoms with Gasteiger partial charge < -0.3 is 20.7 Å². The van der Waals surface area contributed by atoms with Crippen LogP contribution in [0, 0.1) is 6.92 Å². The molecule has 2 aromatic rings. The molecule has 0 bridgehead atoms. The minimum Gasteiger partial charge on any atom is -0.444 e. The number of rotatable bonds is 5. The molecule has 1 aliphatic heterocycles. The molecule has 0 aromatic heterocycles. The zero-order valence-corrected chi connectivity index (χ0v) is 20.2. The number of carbonyl (C=O) groups is 3. The van der Waals surface area contributed by atoms with Crippen molar-refractivity contribution in [2.75, 3.05) is 13.1 Å². The summed E-state index contributed by atoms with van der Waals surface area (Å²) in [4.78, 5) is 43.1. The van der Waals surface area contributed by atoms with Gasteiger partial charge in [0.2, 0.25) is 0 Å². The average molecular weight is 479 g/mol. The Morgan fingerprint density at radius 1 is 0.971 bits per heavy atom. The van der Waals surface area contributed by atoms with Crippen LogP contribution in [0.3, 0.4) is 0 Å². The van der Waals surface area contributed by atoms with Crippen LogP contribution in [-0.2, 0) is 16.1 Å². The highest BCUT2D eigenvalue weighted by Crippen LogP contribution is 2.22. The number of hydrogen-bond acceptors (Lipinski definition) is 5. The summed E-state index contributed by atoms with van der Waals surface area (Å²) in [5.41, 5.74) is 8.31. The molecule has 1 unspecified atom stereocenters. The lowest BCUT2D eigenvalue weighted by atomic mass is 9.91. The van der Waals surface area contributed by atoms with Gasteiger partial charge in [-0.2, -0.15) is 0 Å². The zero-order chi connectivity index (χ0) is 24.8. The van der Waals surface area contributed by atoms with Gasteiger partial charge >= 0.3 is 6.09 Å². The monoisotopic (exact) mass is 478 g/mol. The van der Waals surface area contributed by atoms with Crippen molar-refractivity contribution < 1.29 is 19.1 Å². The van der Waals surface area contributed by atoms with Gasteiger partial charge in [-0.3, -0.25) is 14.5 Å². The summed E-state index contributed by atoms with van der Waals surface area (Å²) in [5.74, 6) is -0.636. The number of aryl methyl sites for hydroxylation is 1. The highest BCUT2D eigenvalue weighted by Gasteiger charge is 2.42. The third kappa shape index (κ3) is 6.19. The molecule has 1 saturated heterocycles. The summed E-state index contributed by atoms with van der Waals surface area (Å²) < 4.78 is 5.56. The Labute approximate surface area is 206 Å². The van der Waals surface area contributed by atoms with Crippen LogP contribution in [0.15, 0.2) is 54.6 Å². The second-order valence-electron chi connectivity index (χ2n) is 9.45. The Bertz CT molecular complexity index is 1040. The quantitative estimate of drug-likeness (QED) is 0.687. The molecule has 2 aromatic carbocycles. The van der Waals surface area contributed by atoms with E-state index in [4.69, 9.17) is 10.5 Å². The second-order valence-corrected chi connectivity index (χ2v) is 9.45. The predicted octanol–water partition coefficient (Wildman–Crippen LogP) is 3.19. The van der Waals surface area contributed by atoms with Crippen LogP contribution in [0.4, 0.5) is 4.79 Å². The van der Waals surface area contributed by atoms with E-state index < -0.39 is 12.3 Å². The maximum absolute atomic E-state index is 13.6. The number of nitrogens with zero attached hydrogens (tertiary/aromatic N) is 2. The lowest BCUT2D eigenvalue weighted by molar-refractivity contribution is -0.134. The zero-order valence-electron chi connectivity index (χ0n) is 20.2. The maximum atomic E-state index is 13.6. The second kappa shape index (κ2) is 11.4. The molecule has 4 rings (SSSR count). The molecule has 1 aliphatic carbocycles. The number of carbonyl (C=O) groups excluding carboxylic acids is 3. The van der Waals surface area contributed by atoms with E-state index in [1.807, 2.05) is 49.4 Å². The molecule has 1 saturated carbocycles. The fourth-order valence-electron chi connectivity index (χ4n) is 4.80. The number of nitrogens with two attached hydrogens (primary N) is 1. The van der Waals surface area contributed by atoms with Crippen LogP contribution in [0.1, 0.15) is 53.6 Å². The fraction of sp³-hybridized carbons (Fsp3) is 0.444. The first-order chi connectivity index (χ1) is 16.9. The van der Waals surface area contributed by atoms with Crippen LogP contribution in [0.5, 0.6) is 0 Å². The molecule has 2 fully saturated rings. The number of hydrogen-bond donors (Lipinski definition) is 2. The van der Waals surface area contributed by atoms with Gasteiger partial charge in [-0.1, -0.05) is 48.0 Å². The first-order valence-corrected chi connectivity index (χ1v) is 12.3. The van der Waals surface area contributed by atoms with Crippen molar-refractivity contribution in [1.82, 2.24) is 15.1 Å². The van der Waals surface area contributed by atoms with E-state index >= 15 is 0 Å². The first-order valence-electron chi connectivity index (χ1n) is 12.3. The number of ether oxygens (including phenoxy) is 1. The van der Waals surface area contributed by atoms with Crippen molar-refractivity contribution in [3.05, 3.63) is 71.3 Å². The Balaban J connectivity index is 1.55. The predicted molar refractivity (Wildman–Crippen MR) is 132 cm³/mol. The molecule has 1 atom stereocenters. The standard InChI is InChI=1S/C27H34N4O4/c1-19-7-5-10-21(17-19)26(33)30-15-6-16-31(27(34)35-18-20-8-3-2-4-9-20)25(30)24(32)29-23-13-11-22(28)12-14-23/h2-5,7-10,17,22-23,25H,6,11-16,18,28H2,1H3,(H,29,32). The van der Waals surface area contributed by atoms with Crippen molar-refractivity contribution in [2.24, 2.45) is 5.73 Å². The van der Waals surface area contributed by atoms with Gasteiger partial charge in [-0.15, -0.1) is 0 Å². The molecule has 186 valence electrons. The molecule has 2 aliphatic rings. The van der Waals surface area contributed by atoms with Gasteiger partial charge in [0.05, 0.1) is 0 Å². The molecular weight excluding hydrogens is 444 g/mol. The van der Waals surface area contributed by atoms with E-state index in [-0.39, 0.29) is 30.5 Å². The SMILES string of the molecule is Cc1cccc(C(=O)N2CCCN(C(=O)OCc3ccccc3)C2C(=O)NC2CCC(N)CC2)c1. The average Bonchev–Trinajstić information content (AvgIpc) is 2.88. The molecule has 1 heterocycles. The summed E-state index contributed by atoms with van der Waals surface area (Å²) >= 11 is 0. The highest BCUT2D eigenvalue weighted by molar-refractivity contribution is 5.98. The molecule has 35 heavy (non-hydrogen) atoms. The molecule has 8 nitrogen and oxygen atoms in total. The van der Waals surface area contributed by atoms with Crippen molar-refractivity contribution >= 4 is 17.9 Å². The summed E-state index contributed by atoms with van der Waals surface area (Å²) in [6.45, 7) is 2.72. The smallest absolute Gasteiger partial charge is 0.412 e. The normalized spacial score (nSPS) is 22.4. The Morgan fingerprint density at radius 2 is 1.69 bits per heavy atom. The van der Waals surface area contributed by atoms with Crippen LogP contribution < -0.4 is 11.1 Å². The van der Waals surface area contributed by atoms with Gasteiger partial charge in [0.15, 0.2) is 6.17 Å². The van der Waals surface area contributed by atoms with Gasteiger partial charge in [0.1, 0.15) is 6.61 Å². The van der Waals surface area contributed by atoms with Gasteiger partial charge in [-0.05, 0) is 56.7 Å². The molecule has 0 spiro atoms. The van der Waals surface area contributed by atoms with Crippen LogP contribution in [0.2, 0.25) is 0 Å². The van der Waals surface area contributed by atoms with Crippen molar-refractivity contribution in [1.29, 1.82) is 0 Å². The van der Waals surface area contributed by atoms with E-state index in [1.54, 1.807) is 12.1 Å². The van der Waals surface area contributed by atoms with Gasteiger partial charge in [0, 0.05) is 30.7 Å². The third-order valence-corrected chi connectivity index (χ3v) is 6.71. The van der Waals surface area contributed by atoms with Crippen LogP contribution >= 0.6 is 0 Å². The summed E-state index contributed by atoms with van der Waals surface area (Å²) in [7, 11) is 0. The molecule has 8 heteroatoms. The van der Waals surface area contributed by atoms with Gasteiger partial charge in [0.25, 0.3) is 11.8 Å². The lowest BCUT2D eigenvalue weighted by Gasteiger charge is -2.42. The molecular formula is C27H34N4O4. The molecule has 0 radical (unpaired) electrons. The Hall–Kier alpha value is -3.39. The summed E-state index contributed by atoms with van der Waals surface area (Å²) in [5, 5.41) is 3.08. The van der Waals surface area contributed by atoms with Crippen molar-refractivity contribution in [2.45, 2.75) is 63.9 Å². The summed E-state index contributed by atoms with van der Waals surface area (Å²) in [6, 6.07) is 16.8. The first kappa shape index (κ1) is 24.7. The minimum atomic E-state index is -1.07. The minimum absolute atomic E-state index is 0.0256. The Kier molecular flexibility index (Phi) is 8.02. The number of nitrogens with one attached hydrogen (secondary N) is 1. The number of amides is 3. The van der Waals surface area contributed by atoms with Crippen molar-refractivity contribution in [3.8, 4) is 0 Å². The molecule has 3 amide bonds. The molecule has 3 N–H and O–H groups in total. The number of benzene rings is 2. The topological polar surface area (TPSA) is 105 Å². The van der Waals surface area contributed by atoms with Crippen molar-refractivity contribution in [3.63, 3.8) is 0 Å². The van der Waals surface area contributed by atoms with E-state index in [2.05, 4.69) is 5.32 Å². The van der Waals surface area contributed by atoms with E-state index in [9.17, 15) is 14.4 Å². The van der Waals surface area contributed by atoms with Gasteiger partial charge in [-0.25, -0.2) is 4.79 Å². The summed E-state index contributed by atoms with van der Waals surface area (Å²) in [6.07, 6.45) is 2.11. The highest BCUT2D eigenvalue weighted by atomic mass is 16.6. The van der Waals surface area contributed by atoms with Crippen LogP contribution in [0.25, 0.3) is 0 Å². The fourth-order valence-corrected chi connectivity index (χ4v) is 4.80. The third-order valence-electron chi connectivity index (χ3n) is 6.71. The Morgan fingerprint density at radius 3 is 2.40 bits per heavy atom. The van der Waals surface area contributed by atoms with E-state index in [0.29, 0.717) is 25.1 Å². The largest absolute Gasteiger partial charge is 0.444 e. The maximum Gasteiger partial charge on any atom is 0.412 e. The lowest BCUT2D eigenvalue weighted by Crippen LogP contribution is -2.64. The van der Waals surface area contributed by atoms with Crippen LogP contribution in [-0.4, -0.2) is 59.0 Å². The van der Waals surface area contributed by atoms with E-state index in [1.165, 1.54) is 9.80 Å².